The molecule has 9 heteroatoms. The number of hydrogen-bond acceptors (Lipinski definition) is 5. The lowest BCUT2D eigenvalue weighted by atomic mass is 9.94. The fraction of sp³-hybridized carbons (Fsp3) is 0.349. The summed E-state index contributed by atoms with van der Waals surface area (Å²) >= 11 is 0. The molecule has 9 nitrogen and oxygen atoms in total. The number of likely N-dealkylation sites (N-methyl/N-ethyl adjacent to an activating group) is 2. The number of nitrogens with zero attached hydrogens (tertiary/aromatic N) is 2. The maximum absolute atomic E-state index is 14.6. The zero-order chi connectivity index (χ0) is 38.1. The van der Waals surface area contributed by atoms with Crippen LogP contribution in [0.15, 0.2) is 115 Å². The molecule has 274 valence electrons. The van der Waals surface area contributed by atoms with E-state index in [0.717, 1.165) is 27.5 Å². The van der Waals surface area contributed by atoms with Crippen molar-refractivity contribution in [3.8, 4) is 0 Å². The number of nitrogens with one attached hydrogen (secondary N) is 1. The molecule has 52 heavy (non-hydrogen) atoms. The highest BCUT2D eigenvalue weighted by atomic mass is 16.6. The third kappa shape index (κ3) is 11.3. The number of carbonyl (C=O) groups excluding carboxylic acids is 4. The Morgan fingerprint density at radius 2 is 1.27 bits per heavy atom. The quantitative estimate of drug-likeness (QED) is 0.143. The fourth-order valence-electron chi connectivity index (χ4n) is 6.06. The second-order valence-corrected chi connectivity index (χ2v) is 15.0. The molecular formula is C43H52N4O5. The Hall–Kier alpha value is -5.44. The highest BCUT2D eigenvalue weighted by Gasteiger charge is 2.35. The van der Waals surface area contributed by atoms with Crippen molar-refractivity contribution in [3.63, 3.8) is 0 Å². The highest BCUT2D eigenvalue weighted by molar-refractivity contribution is 5.98. The molecule has 3 N–H and O–H groups in total. The van der Waals surface area contributed by atoms with E-state index in [-0.39, 0.29) is 18.7 Å². The highest BCUT2D eigenvalue weighted by Crippen LogP contribution is 2.23. The van der Waals surface area contributed by atoms with Gasteiger partial charge in [0, 0.05) is 44.5 Å². The van der Waals surface area contributed by atoms with Crippen LogP contribution in [0.3, 0.4) is 0 Å². The predicted octanol–water partition coefficient (Wildman–Crippen LogP) is 6.63. The molecular weight excluding hydrogens is 652 g/mol. The van der Waals surface area contributed by atoms with E-state index in [2.05, 4.69) is 5.32 Å². The van der Waals surface area contributed by atoms with Crippen molar-refractivity contribution in [2.45, 2.75) is 83.5 Å². The van der Waals surface area contributed by atoms with Crippen LogP contribution in [0.2, 0.25) is 0 Å². The number of benzene rings is 4. The molecule has 0 bridgehead atoms. The Bertz CT molecular complexity index is 1880. The van der Waals surface area contributed by atoms with Gasteiger partial charge in [-0.3, -0.25) is 14.4 Å². The SMILES string of the molecule is CN(C(=O)C(=CCC(C)(C)NC(=O)OC(C)(C)C)Cc1ccccc1)C(Cc1ccc2ccccc2c1)C(=O)N(C)C(Cc1ccccc1)C(N)=O. The molecule has 4 aromatic rings. The molecule has 2 unspecified atom stereocenters. The molecule has 0 heterocycles. The Labute approximate surface area is 307 Å². The van der Waals surface area contributed by atoms with E-state index in [0.29, 0.717) is 18.4 Å². The van der Waals surface area contributed by atoms with Crippen LogP contribution in [0.1, 0.15) is 57.7 Å². The number of primary amides is 1. The molecule has 4 amide bonds. The molecule has 0 aliphatic heterocycles. The van der Waals surface area contributed by atoms with Gasteiger partial charge in [0.1, 0.15) is 17.7 Å². The van der Waals surface area contributed by atoms with Gasteiger partial charge in [0.2, 0.25) is 17.7 Å². The number of rotatable bonds is 14. The summed E-state index contributed by atoms with van der Waals surface area (Å²) < 4.78 is 5.48. The zero-order valence-corrected chi connectivity index (χ0v) is 31.4. The first-order valence-electron chi connectivity index (χ1n) is 17.6. The minimum atomic E-state index is -0.969. The lowest BCUT2D eigenvalue weighted by Gasteiger charge is -2.34. The molecule has 0 saturated heterocycles. The summed E-state index contributed by atoms with van der Waals surface area (Å²) in [6, 6.07) is 31.0. The largest absolute Gasteiger partial charge is 0.444 e. The number of alkyl carbamates (subject to hydrolysis) is 1. The molecule has 4 aromatic carbocycles. The summed E-state index contributed by atoms with van der Waals surface area (Å²) in [5, 5.41) is 4.98. The summed E-state index contributed by atoms with van der Waals surface area (Å²) in [5.41, 5.74) is 7.57. The number of nitrogens with two attached hydrogens (primary N) is 1. The van der Waals surface area contributed by atoms with Gasteiger partial charge >= 0.3 is 6.09 Å². The lowest BCUT2D eigenvalue weighted by Crippen LogP contribution is -2.55. The number of ether oxygens (including phenoxy) is 1. The van der Waals surface area contributed by atoms with Crippen molar-refractivity contribution in [2.24, 2.45) is 5.73 Å². The van der Waals surface area contributed by atoms with Crippen LogP contribution in [0.4, 0.5) is 4.79 Å². The van der Waals surface area contributed by atoms with Crippen molar-refractivity contribution in [3.05, 3.63) is 131 Å². The van der Waals surface area contributed by atoms with Gasteiger partial charge in [-0.2, -0.15) is 0 Å². The maximum Gasteiger partial charge on any atom is 0.408 e. The zero-order valence-electron chi connectivity index (χ0n) is 31.4. The first-order chi connectivity index (χ1) is 24.5. The molecule has 0 aromatic heterocycles. The van der Waals surface area contributed by atoms with Gasteiger partial charge < -0.3 is 25.6 Å². The normalized spacial score (nSPS) is 13.2. The minimum Gasteiger partial charge on any atom is -0.444 e. The van der Waals surface area contributed by atoms with Gasteiger partial charge in [0.25, 0.3) is 0 Å². The molecule has 0 spiro atoms. The third-order valence-electron chi connectivity index (χ3n) is 8.94. The fourth-order valence-corrected chi connectivity index (χ4v) is 6.06. The van der Waals surface area contributed by atoms with Crippen LogP contribution < -0.4 is 11.1 Å². The third-order valence-corrected chi connectivity index (χ3v) is 8.94. The summed E-state index contributed by atoms with van der Waals surface area (Å²) in [6.45, 7) is 9.11. The van der Waals surface area contributed by atoms with Gasteiger partial charge in [-0.1, -0.05) is 109 Å². The first kappa shape index (κ1) is 39.3. The standard InChI is InChI=1S/C43H52N4O5/c1-42(2,3)52-41(51)45-43(4,5)25-24-35(26-30-16-10-8-11-17-30)39(49)47(7)37(29-32-22-23-33-20-14-15-21-34(33)27-32)40(50)46(6)36(38(44)48)28-31-18-12-9-13-19-31/h8-24,27,36-37H,25-26,28-29H2,1-7H3,(H2,44,48)(H,45,51). The number of amides is 4. The monoisotopic (exact) mass is 704 g/mol. The molecule has 4 rings (SSSR count). The maximum atomic E-state index is 14.6. The van der Waals surface area contributed by atoms with Gasteiger partial charge in [0.05, 0.1) is 0 Å². The Balaban J connectivity index is 1.70. The van der Waals surface area contributed by atoms with E-state index in [9.17, 15) is 19.2 Å². The lowest BCUT2D eigenvalue weighted by molar-refractivity contribution is -0.145. The summed E-state index contributed by atoms with van der Waals surface area (Å²) in [7, 11) is 3.19. The molecule has 0 aliphatic carbocycles. The minimum absolute atomic E-state index is 0.206. The summed E-state index contributed by atoms with van der Waals surface area (Å²) in [4.78, 5) is 57.5. The molecule has 0 radical (unpaired) electrons. The Morgan fingerprint density at radius 1 is 0.712 bits per heavy atom. The van der Waals surface area contributed by atoms with Crippen molar-refractivity contribution < 1.29 is 23.9 Å². The van der Waals surface area contributed by atoms with Gasteiger partial charge in [-0.05, 0) is 68.5 Å². The van der Waals surface area contributed by atoms with Crippen LogP contribution in [-0.4, -0.2) is 70.9 Å². The van der Waals surface area contributed by atoms with E-state index in [1.165, 1.54) is 9.80 Å². The van der Waals surface area contributed by atoms with E-state index in [4.69, 9.17) is 10.5 Å². The molecule has 2 atom stereocenters. The number of carbonyl (C=O) groups is 4. The second-order valence-electron chi connectivity index (χ2n) is 15.0. The van der Waals surface area contributed by atoms with E-state index in [1.807, 2.05) is 123 Å². The topological polar surface area (TPSA) is 122 Å². The van der Waals surface area contributed by atoms with Crippen LogP contribution in [-0.2, 0) is 38.4 Å². The van der Waals surface area contributed by atoms with Gasteiger partial charge in [0.15, 0.2) is 0 Å². The molecule has 0 aliphatic rings. The van der Waals surface area contributed by atoms with Crippen LogP contribution in [0, 0.1) is 0 Å². The number of hydrogen-bond donors (Lipinski definition) is 2. The van der Waals surface area contributed by atoms with Gasteiger partial charge in [-0.25, -0.2) is 4.79 Å². The van der Waals surface area contributed by atoms with E-state index < -0.39 is 41.1 Å². The summed E-state index contributed by atoms with van der Waals surface area (Å²) in [6.07, 6.45) is 2.33. The van der Waals surface area contributed by atoms with E-state index >= 15 is 0 Å². The number of fused-ring (bicyclic) bond motifs is 1. The Kier molecular flexibility index (Phi) is 13.0. The van der Waals surface area contributed by atoms with Crippen LogP contribution >= 0.6 is 0 Å². The van der Waals surface area contributed by atoms with Gasteiger partial charge in [-0.15, -0.1) is 0 Å². The molecule has 0 fully saturated rings. The van der Waals surface area contributed by atoms with E-state index in [1.54, 1.807) is 34.9 Å². The van der Waals surface area contributed by atoms with Crippen molar-refractivity contribution >= 4 is 34.6 Å². The van der Waals surface area contributed by atoms with Crippen molar-refractivity contribution in [1.82, 2.24) is 15.1 Å². The average Bonchev–Trinajstić information content (AvgIpc) is 3.09. The Morgan fingerprint density at radius 3 is 1.87 bits per heavy atom. The van der Waals surface area contributed by atoms with Crippen LogP contribution in [0.25, 0.3) is 10.8 Å². The molecule has 0 saturated carbocycles. The van der Waals surface area contributed by atoms with Crippen molar-refractivity contribution in [1.29, 1.82) is 0 Å². The predicted molar refractivity (Wildman–Crippen MR) is 206 cm³/mol. The van der Waals surface area contributed by atoms with Crippen molar-refractivity contribution in [2.75, 3.05) is 14.1 Å². The summed E-state index contributed by atoms with van der Waals surface area (Å²) in [5.74, 6) is -1.39. The average molecular weight is 705 g/mol. The smallest absolute Gasteiger partial charge is 0.408 e. The van der Waals surface area contributed by atoms with Crippen LogP contribution in [0.5, 0.6) is 0 Å². The second kappa shape index (κ2) is 17.2. The first-order valence-corrected chi connectivity index (χ1v) is 17.6.